The quantitative estimate of drug-likeness (QED) is 0.476. The standard InChI is InChI=1S/C25H25N3O3/c1-31-25(30)16-9-10-22-19(13-16)20-15-28(12-11-23(20)27-22)24(29)8-4-5-17-14-26-21-7-3-2-6-18(17)21/h2-3,6-7,9-10,13-14,26-27H,4-5,8,11-12,15H2,1H3. The summed E-state index contributed by atoms with van der Waals surface area (Å²) in [6.07, 6.45) is 5.08. The van der Waals surface area contributed by atoms with Crippen LogP contribution in [0.15, 0.2) is 48.7 Å². The Kier molecular flexibility index (Phi) is 4.98. The van der Waals surface area contributed by atoms with E-state index in [0.29, 0.717) is 18.5 Å². The number of fused-ring (bicyclic) bond motifs is 4. The van der Waals surface area contributed by atoms with Crippen LogP contribution in [0.5, 0.6) is 0 Å². The van der Waals surface area contributed by atoms with E-state index in [9.17, 15) is 9.59 Å². The summed E-state index contributed by atoms with van der Waals surface area (Å²) in [7, 11) is 1.38. The van der Waals surface area contributed by atoms with E-state index in [4.69, 9.17) is 4.74 Å². The maximum atomic E-state index is 12.9. The van der Waals surface area contributed by atoms with Crippen LogP contribution in [0.4, 0.5) is 0 Å². The van der Waals surface area contributed by atoms with Crippen LogP contribution in [0.1, 0.15) is 40.0 Å². The van der Waals surface area contributed by atoms with Gasteiger partial charge >= 0.3 is 5.97 Å². The summed E-state index contributed by atoms with van der Waals surface area (Å²) < 4.78 is 4.85. The van der Waals surface area contributed by atoms with Crippen molar-refractivity contribution >= 4 is 33.7 Å². The SMILES string of the molecule is COC(=O)c1ccc2[nH]c3c(c2c1)CN(C(=O)CCCc1c[nH]c2ccccc12)CC3. The molecule has 158 valence electrons. The molecule has 2 aromatic carbocycles. The van der Waals surface area contributed by atoms with Crippen LogP contribution in [0.25, 0.3) is 21.8 Å². The second-order valence-corrected chi connectivity index (χ2v) is 8.11. The zero-order chi connectivity index (χ0) is 21.4. The molecule has 6 heteroatoms. The molecule has 3 heterocycles. The van der Waals surface area contributed by atoms with Crippen LogP contribution >= 0.6 is 0 Å². The van der Waals surface area contributed by atoms with Crippen molar-refractivity contribution in [2.45, 2.75) is 32.2 Å². The van der Waals surface area contributed by atoms with Gasteiger partial charge in [-0.3, -0.25) is 4.79 Å². The Labute approximate surface area is 180 Å². The number of H-pyrrole nitrogens is 2. The van der Waals surface area contributed by atoms with Crippen molar-refractivity contribution in [2.75, 3.05) is 13.7 Å². The fourth-order valence-electron chi connectivity index (χ4n) is 4.60. The summed E-state index contributed by atoms with van der Waals surface area (Å²) in [4.78, 5) is 33.5. The van der Waals surface area contributed by atoms with Crippen molar-refractivity contribution < 1.29 is 14.3 Å². The fourth-order valence-corrected chi connectivity index (χ4v) is 4.60. The number of amides is 1. The Balaban J connectivity index is 1.27. The molecular formula is C25H25N3O3. The smallest absolute Gasteiger partial charge is 0.337 e. The van der Waals surface area contributed by atoms with Crippen LogP contribution in [0, 0.1) is 0 Å². The average Bonchev–Trinajstić information content (AvgIpc) is 3.39. The molecule has 1 aliphatic rings. The van der Waals surface area contributed by atoms with Gasteiger partial charge in [0.2, 0.25) is 5.91 Å². The number of benzene rings is 2. The van der Waals surface area contributed by atoms with Gasteiger partial charge in [-0.1, -0.05) is 18.2 Å². The lowest BCUT2D eigenvalue weighted by molar-refractivity contribution is -0.132. The van der Waals surface area contributed by atoms with Gasteiger partial charge in [0, 0.05) is 65.2 Å². The number of rotatable bonds is 5. The van der Waals surface area contributed by atoms with Crippen LogP contribution in [0.2, 0.25) is 0 Å². The number of hydrogen-bond donors (Lipinski definition) is 2. The van der Waals surface area contributed by atoms with Crippen molar-refractivity contribution in [3.63, 3.8) is 0 Å². The molecule has 0 saturated heterocycles. The minimum Gasteiger partial charge on any atom is -0.465 e. The van der Waals surface area contributed by atoms with Gasteiger partial charge in [0.25, 0.3) is 0 Å². The number of carbonyl (C=O) groups excluding carboxylic acids is 2. The predicted octanol–water partition coefficient (Wildman–Crippen LogP) is 4.34. The lowest BCUT2D eigenvalue weighted by Gasteiger charge is -2.27. The van der Waals surface area contributed by atoms with E-state index in [0.717, 1.165) is 53.5 Å². The van der Waals surface area contributed by atoms with E-state index in [1.165, 1.54) is 18.1 Å². The van der Waals surface area contributed by atoms with Crippen molar-refractivity contribution in [2.24, 2.45) is 0 Å². The molecule has 1 aliphatic heterocycles. The first-order valence-corrected chi connectivity index (χ1v) is 10.7. The summed E-state index contributed by atoms with van der Waals surface area (Å²) in [5.74, 6) is -0.165. The van der Waals surface area contributed by atoms with Crippen LogP contribution in [0.3, 0.4) is 0 Å². The lowest BCUT2D eigenvalue weighted by Crippen LogP contribution is -2.35. The minimum atomic E-state index is -0.349. The normalized spacial score (nSPS) is 13.5. The lowest BCUT2D eigenvalue weighted by atomic mass is 10.0. The van der Waals surface area contributed by atoms with E-state index in [-0.39, 0.29) is 11.9 Å². The number of aromatic amines is 2. The van der Waals surface area contributed by atoms with Gasteiger partial charge in [-0.05, 0) is 42.7 Å². The van der Waals surface area contributed by atoms with Gasteiger partial charge < -0.3 is 19.6 Å². The average molecular weight is 415 g/mol. The maximum absolute atomic E-state index is 12.9. The van der Waals surface area contributed by atoms with Gasteiger partial charge in [0.15, 0.2) is 0 Å². The summed E-state index contributed by atoms with van der Waals surface area (Å²) in [6.45, 7) is 1.29. The Bertz CT molecular complexity index is 1280. The Morgan fingerprint density at radius 1 is 1.10 bits per heavy atom. The molecule has 2 N–H and O–H groups in total. The van der Waals surface area contributed by atoms with Gasteiger partial charge in [-0.2, -0.15) is 0 Å². The molecule has 1 amide bonds. The number of nitrogens with one attached hydrogen (secondary N) is 2. The van der Waals surface area contributed by atoms with Crippen molar-refractivity contribution in [3.8, 4) is 0 Å². The molecule has 5 rings (SSSR count). The maximum Gasteiger partial charge on any atom is 0.337 e. The number of para-hydroxylation sites is 1. The van der Waals surface area contributed by atoms with E-state index in [2.05, 4.69) is 22.1 Å². The molecular weight excluding hydrogens is 390 g/mol. The zero-order valence-corrected chi connectivity index (χ0v) is 17.5. The van der Waals surface area contributed by atoms with E-state index >= 15 is 0 Å². The minimum absolute atomic E-state index is 0.184. The molecule has 0 aliphatic carbocycles. The third-order valence-electron chi connectivity index (χ3n) is 6.26. The molecule has 0 radical (unpaired) electrons. The van der Waals surface area contributed by atoms with Gasteiger partial charge in [-0.15, -0.1) is 0 Å². The topological polar surface area (TPSA) is 78.2 Å². The predicted molar refractivity (Wildman–Crippen MR) is 120 cm³/mol. The molecule has 31 heavy (non-hydrogen) atoms. The Morgan fingerprint density at radius 2 is 1.97 bits per heavy atom. The third kappa shape index (κ3) is 3.58. The highest BCUT2D eigenvalue weighted by Gasteiger charge is 2.24. The molecule has 6 nitrogen and oxygen atoms in total. The van der Waals surface area contributed by atoms with Crippen molar-refractivity contribution in [1.29, 1.82) is 0 Å². The molecule has 0 spiro atoms. The first-order chi connectivity index (χ1) is 15.1. The zero-order valence-electron chi connectivity index (χ0n) is 17.5. The number of nitrogens with zero attached hydrogens (tertiary/aromatic N) is 1. The Morgan fingerprint density at radius 3 is 2.84 bits per heavy atom. The first-order valence-electron chi connectivity index (χ1n) is 10.7. The van der Waals surface area contributed by atoms with E-state index in [1.807, 2.05) is 35.4 Å². The number of ether oxygens (including phenoxy) is 1. The largest absolute Gasteiger partial charge is 0.465 e. The second kappa shape index (κ2) is 7.95. The molecule has 0 fully saturated rings. The number of aryl methyl sites for hydroxylation is 1. The van der Waals surface area contributed by atoms with Crippen molar-refractivity contribution in [1.82, 2.24) is 14.9 Å². The van der Waals surface area contributed by atoms with E-state index in [1.54, 1.807) is 6.07 Å². The number of esters is 1. The van der Waals surface area contributed by atoms with Crippen LogP contribution < -0.4 is 0 Å². The molecule has 2 aromatic heterocycles. The number of hydrogen-bond acceptors (Lipinski definition) is 3. The molecule has 0 saturated carbocycles. The molecule has 4 aromatic rings. The fraction of sp³-hybridized carbons (Fsp3) is 0.280. The van der Waals surface area contributed by atoms with Gasteiger partial charge in [0.1, 0.15) is 0 Å². The summed E-state index contributed by atoms with van der Waals surface area (Å²) >= 11 is 0. The molecule has 0 unspecified atom stereocenters. The first kappa shape index (κ1) is 19.4. The monoisotopic (exact) mass is 415 g/mol. The second-order valence-electron chi connectivity index (χ2n) is 8.11. The summed E-state index contributed by atoms with van der Waals surface area (Å²) in [6, 6.07) is 13.8. The number of aromatic nitrogens is 2. The number of methoxy groups -OCH3 is 1. The van der Waals surface area contributed by atoms with Crippen molar-refractivity contribution in [3.05, 3.63) is 71.0 Å². The van der Waals surface area contributed by atoms with Crippen LogP contribution in [-0.2, 0) is 28.9 Å². The van der Waals surface area contributed by atoms with Gasteiger partial charge in [-0.25, -0.2) is 4.79 Å². The van der Waals surface area contributed by atoms with Crippen LogP contribution in [-0.4, -0.2) is 40.4 Å². The number of carbonyl (C=O) groups is 2. The van der Waals surface area contributed by atoms with Gasteiger partial charge in [0.05, 0.1) is 12.7 Å². The summed E-state index contributed by atoms with van der Waals surface area (Å²) in [5.41, 5.74) is 6.18. The summed E-state index contributed by atoms with van der Waals surface area (Å²) in [5, 5.41) is 2.23. The highest BCUT2D eigenvalue weighted by atomic mass is 16.5. The highest BCUT2D eigenvalue weighted by Crippen LogP contribution is 2.29. The van der Waals surface area contributed by atoms with E-state index < -0.39 is 0 Å². The highest BCUT2D eigenvalue weighted by molar-refractivity contribution is 5.96. The molecule has 0 atom stereocenters. The molecule has 0 bridgehead atoms. The Hall–Kier alpha value is -3.54. The third-order valence-corrected chi connectivity index (χ3v) is 6.26.